The molecule has 2 aromatic heterocycles. The fourth-order valence-corrected chi connectivity index (χ4v) is 4.92. The Balaban J connectivity index is 1.63. The van der Waals surface area contributed by atoms with Gasteiger partial charge in [0.15, 0.2) is 5.15 Å². The summed E-state index contributed by atoms with van der Waals surface area (Å²) in [6.07, 6.45) is 1.21. The number of halogens is 3. The SMILES string of the molecule is Cn1c(COc2nc(Cl)cnc2NS(=O)(=O)c2cccc(Cl)c2Cl)cc2ccccc21. The number of anilines is 1. The number of hydrogen-bond donors (Lipinski definition) is 1. The van der Waals surface area contributed by atoms with Gasteiger partial charge in [-0.15, -0.1) is 0 Å². The standard InChI is InChI=1S/C20H15Cl3N4O3S/c1-27-13(9-12-5-2-3-7-15(12)27)11-30-20-19(24-10-17(22)25-20)26-31(28,29)16-8-4-6-14(21)18(16)23/h2-10H,11H2,1H3,(H,24,26). The first-order valence-corrected chi connectivity index (χ1v) is 11.5. The van der Waals surface area contributed by atoms with Crippen LogP contribution in [0.5, 0.6) is 5.88 Å². The van der Waals surface area contributed by atoms with Crippen molar-refractivity contribution in [2.45, 2.75) is 11.5 Å². The maximum absolute atomic E-state index is 12.8. The molecule has 0 saturated carbocycles. The van der Waals surface area contributed by atoms with E-state index in [4.69, 9.17) is 39.5 Å². The molecular weight excluding hydrogens is 483 g/mol. The summed E-state index contributed by atoms with van der Waals surface area (Å²) < 4.78 is 35.8. The van der Waals surface area contributed by atoms with Gasteiger partial charge in [-0.3, -0.25) is 4.72 Å². The van der Waals surface area contributed by atoms with E-state index < -0.39 is 10.0 Å². The molecule has 2 aromatic carbocycles. The topological polar surface area (TPSA) is 86.1 Å². The van der Waals surface area contributed by atoms with Crippen LogP contribution >= 0.6 is 34.8 Å². The average molecular weight is 498 g/mol. The zero-order valence-corrected chi connectivity index (χ0v) is 19.1. The highest BCUT2D eigenvalue weighted by Crippen LogP contribution is 2.32. The number of para-hydroxylation sites is 1. The lowest BCUT2D eigenvalue weighted by atomic mass is 10.2. The van der Waals surface area contributed by atoms with Gasteiger partial charge in [0.2, 0.25) is 5.82 Å². The van der Waals surface area contributed by atoms with Crippen molar-refractivity contribution in [2.24, 2.45) is 7.05 Å². The summed E-state index contributed by atoms with van der Waals surface area (Å²) in [7, 11) is -2.20. The third kappa shape index (κ3) is 4.43. The van der Waals surface area contributed by atoms with Crippen molar-refractivity contribution in [3.8, 4) is 5.88 Å². The van der Waals surface area contributed by atoms with Gasteiger partial charge in [-0.1, -0.05) is 59.1 Å². The average Bonchev–Trinajstić information content (AvgIpc) is 3.06. The molecule has 11 heteroatoms. The molecule has 7 nitrogen and oxygen atoms in total. The van der Waals surface area contributed by atoms with Gasteiger partial charge in [-0.05, 0) is 29.7 Å². The molecule has 0 bridgehead atoms. The number of aromatic nitrogens is 3. The van der Waals surface area contributed by atoms with E-state index in [-0.39, 0.29) is 38.4 Å². The monoisotopic (exact) mass is 496 g/mol. The van der Waals surface area contributed by atoms with Crippen LogP contribution in [-0.4, -0.2) is 23.0 Å². The molecule has 0 amide bonds. The maximum Gasteiger partial charge on any atom is 0.264 e. The second-order valence-corrected chi connectivity index (χ2v) is 9.37. The van der Waals surface area contributed by atoms with Crippen molar-refractivity contribution < 1.29 is 13.2 Å². The van der Waals surface area contributed by atoms with Crippen molar-refractivity contribution in [1.82, 2.24) is 14.5 Å². The summed E-state index contributed by atoms with van der Waals surface area (Å²) in [6.45, 7) is 0.118. The molecule has 0 saturated heterocycles. The third-order valence-electron chi connectivity index (χ3n) is 4.56. The predicted octanol–water partition coefficient (Wildman–Crippen LogP) is 5.31. The minimum atomic E-state index is -4.11. The molecule has 0 fully saturated rings. The molecule has 0 aliphatic carbocycles. The highest BCUT2D eigenvalue weighted by atomic mass is 35.5. The smallest absolute Gasteiger partial charge is 0.264 e. The summed E-state index contributed by atoms with van der Waals surface area (Å²) in [5.74, 6) is -0.196. The van der Waals surface area contributed by atoms with Gasteiger partial charge in [0.1, 0.15) is 11.5 Å². The zero-order chi connectivity index (χ0) is 22.2. The number of fused-ring (bicyclic) bond motifs is 1. The Kier molecular flexibility index (Phi) is 5.98. The Hall–Kier alpha value is -2.52. The van der Waals surface area contributed by atoms with E-state index in [1.54, 1.807) is 0 Å². The van der Waals surface area contributed by atoms with Crippen LogP contribution in [-0.2, 0) is 23.7 Å². The van der Waals surface area contributed by atoms with E-state index in [0.717, 1.165) is 16.6 Å². The minimum Gasteiger partial charge on any atom is -0.469 e. The summed E-state index contributed by atoms with van der Waals surface area (Å²) >= 11 is 18.0. The number of benzene rings is 2. The molecule has 0 radical (unpaired) electrons. The summed E-state index contributed by atoms with van der Waals surface area (Å²) in [4.78, 5) is 7.90. The second-order valence-electron chi connectivity index (χ2n) is 6.55. The third-order valence-corrected chi connectivity index (χ3v) is 7.05. The molecule has 4 rings (SSSR count). The predicted molar refractivity (Wildman–Crippen MR) is 122 cm³/mol. The van der Waals surface area contributed by atoms with Crippen molar-refractivity contribution >= 4 is 61.5 Å². The second kappa shape index (κ2) is 8.55. The van der Waals surface area contributed by atoms with Gasteiger partial charge in [0.25, 0.3) is 15.9 Å². The van der Waals surface area contributed by atoms with Gasteiger partial charge >= 0.3 is 0 Å². The summed E-state index contributed by atoms with van der Waals surface area (Å²) in [5, 5.41) is 1.11. The van der Waals surface area contributed by atoms with Crippen LogP contribution in [0.2, 0.25) is 15.2 Å². The molecule has 4 aromatic rings. The first-order valence-electron chi connectivity index (χ1n) is 8.92. The fourth-order valence-electron chi connectivity index (χ4n) is 3.02. The summed E-state index contributed by atoms with van der Waals surface area (Å²) in [6, 6.07) is 14.2. The zero-order valence-electron chi connectivity index (χ0n) is 16.0. The highest BCUT2D eigenvalue weighted by molar-refractivity contribution is 7.92. The number of ether oxygens (including phenoxy) is 1. The number of nitrogens with zero attached hydrogens (tertiary/aromatic N) is 3. The Morgan fingerprint density at radius 3 is 2.65 bits per heavy atom. The van der Waals surface area contributed by atoms with Gasteiger partial charge in [0.05, 0.1) is 21.9 Å². The van der Waals surface area contributed by atoms with Crippen molar-refractivity contribution in [2.75, 3.05) is 4.72 Å². The quantitative estimate of drug-likeness (QED) is 0.390. The lowest BCUT2D eigenvalue weighted by molar-refractivity contribution is 0.286. The molecule has 31 heavy (non-hydrogen) atoms. The van der Waals surface area contributed by atoms with Crippen LogP contribution in [0.15, 0.2) is 59.6 Å². The van der Waals surface area contributed by atoms with E-state index >= 15 is 0 Å². The molecule has 0 aliphatic rings. The van der Waals surface area contributed by atoms with Crippen molar-refractivity contribution in [3.63, 3.8) is 0 Å². The lowest BCUT2D eigenvalue weighted by Crippen LogP contribution is -2.16. The van der Waals surface area contributed by atoms with Crippen LogP contribution < -0.4 is 9.46 Å². The van der Waals surface area contributed by atoms with Crippen LogP contribution in [0.25, 0.3) is 10.9 Å². The first-order chi connectivity index (χ1) is 14.8. The number of aryl methyl sites for hydroxylation is 1. The van der Waals surface area contributed by atoms with Gasteiger partial charge in [0, 0.05) is 12.6 Å². The van der Waals surface area contributed by atoms with Crippen molar-refractivity contribution in [1.29, 1.82) is 0 Å². The largest absolute Gasteiger partial charge is 0.469 e. The van der Waals surface area contributed by atoms with E-state index in [2.05, 4.69) is 14.7 Å². The molecule has 1 N–H and O–H groups in total. The Labute approximate surface area is 193 Å². The lowest BCUT2D eigenvalue weighted by Gasteiger charge is -2.13. The molecule has 0 aliphatic heterocycles. The van der Waals surface area contributed by atoms with E-state index in [0.29, 0.717) is 0 Å². The van der Waals surface area contributed by atoms with Gasteiger partial charge in [-0.25, -0.2) is 13.4 Å². The van der Waals surface area contributed by atoms with Gasteiger partial charge < -0.3 is 9.30 Å². The van der Waals surface area contributed by atoms with E-state index in [1.165, 1.54) is 24.4 Å². The van der Waals surface area contributed by atoms with Crippen LogP contribution in [0.1, 0.15) is 5.69 Å². The first kappa shape index (κ1) is 21.7. The van der Waals surface area contributed by atoms with E-state index in [9.17, 15) is 8.42 Å². The van der Waals surface area contributed by atoms with Crippen LogP contribution in [0.3, 0.4) is 0 Å². The molecule has 0 spiro atoms. The van der Waals surface area contributed by atoms with Crippen LogP contribution in [0.4, 0.5) is 5.82 Å². The Morgan fingerprint density at radius 2 is 1.87 bits per heavy atom. The molecular formula is C20H15Cl3N4O3S. The highest BCUT2D eigenvalue weighted by Gasteiger charge is 2.23. The molecule has 0 atom stereocenters. The fraction of sp³-hybridized carbons (Fsp3) is 0.100. The summed E-state index contributed by atoms with van der Waals surface area (Å²) in [5.41, 5.74) is 1.89. The number of rotatable bonds is 6. The van der Waals surface area contributed by atoms with Gasteiger partial charge in [-0.2, -0.15) is 4.98 Å². The van der Waals surface area contributed by atoms with Crippen LogP contribution in [0, 0.1) is 0 Å². The Morgan fingerprint density at radius 1 is 1.10 bits per heavy atom. The Bertz CT molecular complexity index is 1390. The maximum atomic E-state index is 12.8. The minimum absolute atomic E-state index is 0.0516. The molecule has 2 heterocycles. The van der Waals surface area contributed by atoms with E-state index in [1.807, 2.05) is 41.9 Å². The number of hydrogen-bond acceptors (Lipinski definition) is 5. The number of nitrogens with one attached hydrogen (secondary N) is 1. The number of sulfonamides is 1. The molecule has 160 valence electrons. The van der Waals surface area contributed by atoms with Crippen molar-refractivity contribution in [3.05, 3.63) is 75.6 Å². The normalized spacial score (nSPS) is 11.6. The molecule has 0 unspecified atom stereocenters.